The van der Waals surface area contributed by atoms with Gasteiger partial charge in [-0.3, -0.25) is 14.7 Å². The van der Waals surface area contributed by atoms with Crippen molar-refractivity contribution in [2.75, 3.05) is 26.2 Å². The highest BCUT2D eigenvalue weighted by Crippen LogP contribution is 2.29. The molecule has 3 heterocycles. The lowest BCUT2D eigenvalue weighted by Gasteiger charge is -2.35. The van der Waals surface area contributed by atoms with Gasteiger partial charge < -0.3 is 9.64 Å². The second-order valence-corrected chi connectivity index (χ2v) is 11.0. The summed E-state index contributed by atoms with van der Waals surface area (Å²) in [5, 5.41) is 13.1. The average molecular weight is 513 g/mol. The van der Waals surface area contributed by atoms with Crippen molar-refractivity contribution in [2.45, 2.75) is 39.8 Å². The number of hydrogen-bond acceptors (Lipinski definition) is 5. The highest BCUT2D eigenvalue weighted by Gasteiger charge is 2.25. The molecule has 1 fully saturated rings. The second kappa shape index (κ2) is 10.5. The van der Waals surface area contributed by atoms with Gasteiger partial charge in [-0.05, 0) is 74.2 Å². The van der Waals surface area contributed by atoms with E-state index in [1.807, 2.05) is 46.3 Å². The molecule has 1 aliphatic rings. The van der Waals surface area contributed by atoms with Gasteiger partial charge in [-0.1, -0.05) is 24.3 Å². The van der Waals surface area contributed by atoms with Crippen LogP contribution < -0.4 is 0 Å². The summed E-state index contributed by atoms with van der Waals surface area (Å²) in [5.41, 5.74) is 7.31. The van der Waals surface area contributed by atoms with Gasteiger partial charge in [-0.2, -0.15) is 10.2 Å². The molecule has 0 radical (unpaired) electrons. The fraction of sp³-hybridized carbons (Fsp3) is 0.367. The number of ether oxygens (including phenoxy) is 1. The van der Waals surface area contributed by atoms with Gasteiger partial charge in [0.05, 0.1) is 17.4 Å². The van der Waals surface area contributed by atoms with Crippen LogP contribution in [0.2, 0.25) is 0 Å². The first-order valence-electron chi connectivity index (χ1n) is 13.1. The summed E-state index contributed by atoms with van der Waals surface area (Å²) in [7, 11) is 1.91. The Hall–Kier alpha value is -3.91. The third kappa shape index (κ3) is 5.97. The number of aromatic nitrogens is 4. The number of carbonyl (C=O) groups excluding carboxylic acids is 1. The Morgan fingerprint density at radius 3 is 2.45 bits per heavy atom. The standard InChI is InChI=1S/C30H36N6O2/c1-21-16-25(17-26-27(32-33-28(21)26)11-8-23-18-31-34(5)19-23)24-9-6-22(7-10-24)20-35-12-14-36(15-13-35)29(37)38-30(2,3)4/h6-11,16-19H,12-15,20H2,1-5H3,(H,32,33)/b11-8+. The zero-order chi connectivity index (χ0) is 26.9. The van der Waals surface area contributed by atoms with Gasteiger partial charge in [-0.25, -0.2) is 4.79 Å². The van der Waals surface area contributed by atoms with E-state index in [2.05, 4.69) is 69.6 Å². The molecule has 0 spiro atoms. The van der Waals surface area contributed by atoms with Crippen LogP contribution in [-0.2, 0) is 18.3 Å². The van der Waals surface area contributed by atoms with E-state index >= 15 is 0 Å². The van der Waals surface area contributed by atoms with E-state index in [4.69, 9.17) is 4.74 Å². The zero-order valence-corrected chi connectivity index (χ0v) is 22.9. The number of piperazine rings is 1. The summed E-state index contributed by atoms with van der Waals surface area (Å²) < 4.78 is 7.31. The molecule has 1 saturated heterocycles. The Kier molecular flexibility index (Phi) is 7.08. The summed E-state index contributed by atoms with van der Waals surface area (Å²) in [5.74, 6) is 0. The first-order valence-corrected chi connectivity index (χ1v) is 13.1. The van der Waals surface area contributed by atoms with Crippen LogP contribution in [0.15, 0.2) is 48.8 Å². The minimum Gasteiger partial charge on any atom is -0.444 e. The topological polar surface area (TPSA) is 79.3 Å². The molecule has 4 aromatic rings. The maximum atomic E-state index is 12.3. The SMILES string of the molecule is Cc1cc(-c2ccc(CN3CCN(C(=O)OC(C)(C)C)CC3)cc2)cc2c(/C=C/c3cnn(C)c3)[nH]nc12. The molecule has 5 rings (SSSR count). The molecule has 8 heteroatoms. The van der Waals surface area contributed by atoms with E-state index in [0.717, 1.165) is 47.4 Å². The smallest absolute Gasteiger partial charge is 0.410 e. The van der Waals surface area contributed by atoms with Gasteiger partial charge >= 0.3 is 6.09 Å². The number of amides is 1. The molecule has 1 amide bonds. The summed E-state index contributed by atoms with van der Waals surface area (Å²) in [6.07, 6.45) is 7.70. The maximum absolute atomic E-state index is 12.3. The molecule has 38 heavy (non-hydrogen) atoms. The number of H-pyrrole nitrogens is 1. The van der Waals surface area contributed by atoms with Crippen LogP contribution in [0.25, 0.3) is 34.2 Å². The number of aryl methyl sites for hydroxylation is 2. The van der Waals surface area contributed by atoms with Crippen LogP contribution in [0, 0.1) is 6.92 Å². The van der Waals surface area contributed by atoms with E-state index in [-0.39, 0.29) is 6.09 Å². The molecule has 8 nitrogen and oxygen atoms in total. The maximum Gasteiger partial charge on any atom is 0.410 e. The number of aromatic amines is 1. The van der Waals surface area contributed by atoms with Crippen LogP contribution >= 0.6 is 0 Å². The third-order valence-corrected chi connectivity index (χ3v) is 6.76. The van der Waals surface area contributed by atoms with Gasteiger partial charge in [0.25, 0.3) is 0 Å². The van der Waals surface area contributed by atoms with Crippen molar-refractivity contribution in [3.05, 3.63) is 71.2 Å². The molecule has 2 aromatic heterocycles. The molecule has 0 atom stereocenters. The number of hydrogen-bond donors (Lipinski definition) is 1. The third-order valence-electron chi connectivity index (χ3n) is 6.76. The fourth-order valence-electron chi connectivity index (χ4n) is 4.78. The lowest BCUT2D eigenvalue weighted by atomic mass is 9.99. The molecule has 0 unspecified atom stereocenters. The summed E-state index contributed by atoms with van der Waals surface area (Å²) in [6, 6.07) is 13.2. The van der Waals surface area contributed by atoms with Crippen molar-refractivity contribution in [3.8, 4) is 11.1 Å². The van der Waals surface area contributed by atoms with Gasteiger partial charge in [0.2, 0.25) is 0 Å². The lowest BCUT2D eigenvalue weighted by Crippen LogP contribution is -2.49. The number of fused-ring (bicyclic) bond motifs is 1. The summed E-state index contributed by atoms with van der Waals surface area (Å²) in [4.78, 5) is 16.5. The van der Waals surface area contributed by atoms with Crippen LogP contribution in [-0.4, -0.2) is 67.7 Å². The van der Waals surface area contributed by atoms with E-state index < -0.39 is 5.60 Å². The second-order valence-electron chi connectivity index (χ2n) is 11.0. The first-order chi connectivity index (χ1) is 18.1. The van der Waals surface area contributed by atoms with Gasteiger partial charge in [0, 0.05) is 56.9 Å². The minimum absolute atomic E-state index is 0.220. The monoisotopic (exact) mass is 512 g/mol. The van der Waals surface area contributed by atoms with Crippen molar-refractivity contribution < 1.29 is 9.53 Å². The van der Waals surface area contributed by atoms with Crippen LogP contribution in [0.3, 0.4) is 0 Å². The highest BCUT2D eigenvalue weighted by atomic mass is 16.6. The van der Waals surface area contributed by atoms with Gasteiger partial charge in [0.15, 0.2) is 0 Å². The Morgan fingerprint density at radius 1 is 1.05 bits per heavy atom. The molecule has 0 aliphatic carbocycles. The van der Waals surface area contributed by atoms with Crippen molar-refractivity contribution in [1.82, 2.24) is 29.8 Å². The Bertz CT molecular complexity index is 1450. The van der Waals surface area contributed by atoms with E-state index in [0.29, 0.717) is 13.1 Å². The van der Waals surface area contributed by atoms with Crippen molar-refractivity contribution >= 4 is 29.1 Å². The zero-order valence-electron chi connectivity index (χ0n) is 22.9. The van der Waals surface area contributed by atoms with Crippen molar-refractivity contribution in [1.29, 1.82) is 0 Å². The van der Waals surface area contributed by atoms with Gasteiger partial charge in [-0.15, -0.1) is 0 Å². The summed E-state index contributed by atoms with van der Waals surface area (Å²) >= 11 is 0. The molecular weight excluding hydrogens is 476 g/mol. The quantitative estimate of drug-likeness (QED) is 0.382. The molecule has 2 aromatic carbocycles. The van der Waals surface area contributed by atoms with E-state index in [1.54, 1.807) is 9.58 Å². The van der Waals surface area contributed by atoms with E-state index in [9.17, 15) is 4.79 Å². The van der Waals surface area contributed by atoms with Crippen molar-refractivity contribution in [2.24, 2.45) is 7.05 Å². The summed E-state index contributed by atoms with van der Waals surface area (Å²) in [6.45, 7) is 11.7. The molecular formula is C30H36N6O2. The number of carbonyl (C=O) groups is 1. The molecule has 0 saturated carbocycles. The normalized spacial score (nSPS) is 15.0. The Balaban J connectivity index is 1.25. The number of rotatable bonds is 5. The lowest BCUT2D eigenvalue weighted by molar-refractivity contribution is 0.0139. The predicted octanol–water partition coefficient (Wildman–Crippen LogP) is 5.49. The minimum atomic E-state index is -0.464. The Labute approximate surface area is 223 Å². The van der Waals surface area contributed by atoms with E-state index in [1.165, 1.54) is 16.7 Å². The molecule has 198 valence electrons. The van der Waals surface area contributed by atoms with Crippen molar-refractivity contribution in [3.63, 3.8) is 0 Å². The highest BCUT2D eigenvalue weighted by molar-refractivity contribution is 5.94. The van der Waals surface area contributed by atoms with Crippen LogP contribution in [0.5, 0.6) is 0 Å². The molecule has 0 bridgehead atoms. The van der Waals surface area contributed by atoms with Gasteiger partial charge in [0.1, 0.15) is 5.60 Å². The molecule has 1 N–H and O–H groups in total. The Morgan fingerprint density at radius 2 is 1.79 bits per heavy atom. The number of benzene rings is 2. The van der Waals surface area contributed by atoms with Crippen LogP contribution in [0.4, 0.5) is 4.79 Å². The largest absolute Gasteiger partial charge is 0.444 e. The van der Waals surface area contributed by atoms with Crippen LogP contribution in [0.1, 0.15) is 43.2 Å². The number of nitrogens with one attached hydrogen (secondary N) is 1. The molecule has 1 aliphatic heterocycles. The average Bonchev–Trinajstić information content (AvgIpc) is 3.48. The fourth-order valence-corrected chi connectivity index (χ4v) is 4.78. The number of nitrogens with zero attached hydrogens (tertiary/aromatic N) is 5. The predicted molar refractivity (Wildman–Crippen MR) is 151 cm³/mol. The first kappa shape index (κ1) is 25.7.